The number of imidazole rings is 1. The number of azo groups is 1. The summed E-state index contributed by atoms with van der Waals surface area (Å²) in [5.41, 5.74) is 0.252. The molecule has 0 aromatic carbocycles. The minimum Gasteiger partial charge on any atom is -0.270 e. The highest BCUT2D eigenvalue weighted by atomic mass is 19.4. The Bertz CT molecular complexity index is 1530. The van der Waals surface area contributed by atoms with Crippen LogP contribution < -0.4 is 5.69 Å². The van der Waals surface area contributed by atoms with Crippen LogP contribution in [0.1, 0.15) is 30.5 Å². The van der Waals surface area contributed by atoms with E-state index in [9.17, 15) is 18.0 Å². The lowest BCUT2D eigenvalue weighted by Crippen LogP contribution is -2.37. The number of halogens is 3. The van der Waals surface area contributed by atoms with E-state index in [4.69, 9.17) is 0 Å². The first kappa shape index (κ1) is 23.5. The zero-order valence-corrected chi connectivity index (χ0v) is 19.9. The minimum atomic E-state index is -4.59. The Kier molecular flexibility index (Phi) is 5.65. The highest BCUT2D eigenvalue weighted by molar-refractivity contribution is 5.83. The second kappa shape index (κ2) is 8.89. The van der Waals surface area contributed by atoms with Gasteiger partial charge in [-0.2, -0.15) is 13.2 Å². The third-order valence-electron chi connectivity index (χ3n) is 7.31. The van der Waals surface area contributed by atoms with Gasteiger partial charge in [-0.05, 0) is 59.6 Å². The first-order valence-corrected chi connectivity index (χ1v) is 12.0. The van der Waals surface area contributed by atoms with Crippen molar-refractivity contribution >= 4 is 23.1 Å². The summed E-state index contributed by atoms with van der Waals surface area (Å²) in [6, 6.07) is 3.98. The molecule has 3 aliphatic rings. The van der Waals surface area contributed by atoms with Crippen molar-refractivity contribution in [3.05, 3.63) is 89.6 Å². The van der Waals surface area contributed by atoms with E-state index in [1.165, 1.54) is 29.4 Å². The van der Waals surface area contributed by atoms with Gasteiger partial charge in [0.2, 0.25) is 0 Å². The summed E-state index contributed by atoms with van der Waals surface area (Å²) in [5, 5.41) is 8.49. The normalized spacial score (nSPS) is 21.5. The molecule has 0 saturated heterocycles. The van der Waals surface area contributed by atoms with E-state index < -0.39 is 17.4 Å². The van der Waals surface area contributed by atoms with Crippen molar-refractivity contribution in [2.24, 2.45) is 28.0 Å². The van der Waals surface area contributed by atoms with Crippen molar-refractivity contribution in [1.82, 2.24) is 18.9 Å². The maximum atomic E-state index is 13.7. The summed E-state index contributed by atoms with van der Waals surface area (Å²) in [6.45, 7) is 0. The number of nitrogens with zero attached hydrogens (tertiary/aromatic N) is 7. The van der Waals surface area contributed by atoms with Gasteiger partial charge in [-0.3, -0.25) is 8.97 Å². The lowest BCUT2D eigenvalue weighted by Gasteiger charge is -2.38. The van der Waals surface area contributed by atoms with Crippen LogP contribution in [0.4, 0.5) is 13.2 Å². The quantitative estimate of drug-likeness (QED) is 0.470. The summed E-state index contributed by atoms with van der Waals surface area (Å²) >= 11 is 0. The first-order chi connectivity index (χ1) is 17.8. The monoisotopic (exact) mass is 506 g/mol. The topological polar surface area (TPSA) is 79.9 Å². The van der Waals surface area contributed by atoms with E-state index in [1.54, 1.807) is 24.7 Å². The number of hydrogen-bond acceptors (Lipinski definition) is 5. The number of pyridine rings is 1. The smallest absolute Gasteiger partial charge is 0.270 e. The average molecular weight is 507 g/mol. The molecule has 8 nitrogen and oxygen atoms in total. The Morgan fingerprint density at radius 2 is 2.05 bits per heavy atom. The van der Waals surface area contributed by atoms with Gasteiger partial charge in [-0.1, -0.05) is 12.5 Å². The van der Waals surface area contributed by atoms with Gasteiger partial charge in [-0.15, -0.1) is 0 Å². The Morgan fingerprint density at radius 3 is 2.70 bits per heavy atom. The molecule has 11 heteroatoms. The third kappa shape index (κ3) is 4.11. The summed E-state index contributed by atoms with van der Waals surface area (Å²) in [4.78, 5) is 21.7. The van der Waals surface area contributed by atoms with E-state index in [2.05, 4.69) is 26.3 Å². The Morgan fingerprint density at radius 1 is 1.22 bits per heavy atom. The van der Waals surface area contributed by atoms with Gasteiger partial charge < -0.3 is 0 Å². The standard InChI is InChI=1S/C26H23F3N7O/c1-34-15-32-33-24(34)23(16-4-2-5-16)18-10-17(21-7-8-30-14-31-21)11-19(12-18)36-13-22-20(26(27,28)29)6-3-9-35(22)25(36)37/h3,6-16,18,23H,2,4-5H2,1H3/q+1/t18?,23-/m0/s1. The maximum Gasteiger partial charge on any atom is 0.418 e. The highest BCUT2D eigenvalue weighted by Gasteiger charge is 2.46. The van der Waals surface area contributed by atoms with Crippen LogP contribution in [0.3, 0.4) is 0 Å². The highest BCUT2D eigenvalue weighted by Crippen LogP contribution is 2.47. The molecule has 0 amide bonds. The molecule has 1 unspecified atom stereocenters. The summed E-state index contributed by atoms with van der Waals surface area (Å²) in [7, 11) is 1.90. The molecule has 2 aliphatic carbocycles. The van der Waals surface area contributed by atoms with E-state index in [1.807, 2.05) is 18.0 Å². The molecule has 1 fully saturated rings. The van der Waals surface area contributed by atoms with E-state index >= 15 is 0 Å². The second-order valence-electron chi connectivity index (χ2n) is 9.50. The number of fused-ring (bicyclic) bond motifs is 1. The molecule has 3 aromatic heterocycles. The molecule has 0 bridgehead atoms. The zero-order chi connectivity index (χ0) is 25.7. The fourth-order valence-electron chi connectivity index (χ4n) is 5.31. The SMILES string of the molecule is C[N+]1=CN=N[C]1[C@H](C1[CH]C(n2cc3c(C(F)(F)F)cccn3c2=O)=CC(c2ccncn2)=C1)C1CCC1. The van der Waals surface area contributed by atoms with Crippen molar-refractivity contribution in [1.29, 1.82) is 0 Å². The van der Waals surface area contributed by atoms with Gasteiger partial charge in [0.25, 0.3) is 0 Å². The maximum absolute atomic E-state index is 13.7. The number of allylic oxidation sites excluding steroid dienone is 4. The predicted octanol–water partition coefficient (Wildman–Crippen LogP) is 4.71. The molecular formula is C26H23F3N7O+. The van der Waals surface area contributed by atoms with Gasteiger partial charge in [0.1, 0.15) is 6.33 Å². The van der Waals surface area contributed by atoms with Crippen molar-refractivity contribution in [3.8, 4) is 0 Å². The van der Waals surface area contributed by atoms with Crippen molar-refractivity contribution in [2.45, 2.75) is 25.4 Å². The van der Waals surface area contributed by atoms with Crippen LogP contribution >= 0.6 is 0 Å². The van der Waals surface area contributed by atoms with Gasteiger partial charge in [0.15, 0.2) is 0 Å². The lowest BCUT2D eigenvalue weighted by molar-refractivity contribution is -0.486. The molecule has 1 aliphatic heterocycles. The molecule has 3 aromatic rings. The summed E-state index contributed by atoms with van der Waals surface area (Å²) in [5.74, 6) is 0.170. The van der Waals surface area contributed by atoms with Gasteiger partial charge in [-0.25, -0.2) is 19.3 Å². The van der Waals surface area contributed by atoms with E-state index in [0.29, 0.717) is 17.3 Å². The van der Waals surface area contributed by atoms with Crippen LogP contribution in [0.2, 0.25) is 0 Å². The van der Waals surface area contributed by atoms with Crippen LogP contribution in [0.25, 0.3) is 16.8 Å². The fourth-order valence-corrected chi connectivity index (χ4v) is 5.31. The van der Waals surface area contributed by atoms with Crippen LogP contribution in [0, 0.1) is 30.3 Å². The molecule has 1 saturated carbocycles. The molecular weight excluding hydrogens is 483 g/mol. The Balaban J connectivity index is 1.49. The molecule has 2 atom stereocenters. The number of hydrogen-bond donors (Lipinski definition) is 0. The summed E-state index contributed by atoms with van der Waals surface area (Å²) in [6.07, 6.45) is 12.6. The molecule has 6 rings (SSSR count). The number of aromatic nitrogens is 4. The number of alkyl halides is 3. The molecule has 37 heavy (non-hydrogen) atoms. The first-order valence-electron chi connectivity index (χ1n) is 12.0. The van der Waals surface area contributed by atoms with Gasteiger partial charge in [0.05, 0.1) is 28.9 Å². The molecule has 0 spiro atoms. The molecule has 188 valence electrons. The largest absolute Gasteiger partial charge is 0.418 e. The van der Waals surface area contributed by atoms with Gasteiger partial charge in [0, 0.05) is 36.6 Å². The Labute approximate surface area is 210 Å². The Hall–Kier alpha value is -3.89. The van der Waals surface area contributed by atoms with Crippen LogP contribution in [0.5, 0.6) is 0 Å². The third-order valence-corrected chi connectivity index (χ3v) is 7.31. The van der Waals surface area contributed by atoms with Crippen molar-refractivity contribution in [3.63, 3.8) is 0 Å². The molecule has 0 N–H and O–H groups in total. The second-order valence-corrected chi connectivity index (χ2v) is 9.50. The lowest BCUT2D eigenvalue weighted by atomic mass is 9.67. The molecule has 4 heterocycles. The van der Waals surface area contributed by atoms with Crippen LogP contribution in [0.15, 0.2) is 70.3 Å². The van der Waals surface area contributed by atoms with Crippen LogP contribution in [-0.4, -0.2) is 36.9 Å². The van der Waals surface area contributed by atoms with E-state index in [-0.39, 0.29) is 17.4 Å². The average Bonchev–Trinajstić information content (AvgIpc) is 3.43. The van der Waals surface area contributed by atoms with Crippen LogP contribution in [-0.2, 0) is 6.18 Å². The fraction of sp³-hybridized carbons (Fsp3) is 0.308. The minimum absolute atomic E-state index is 0.0137. The van der Waals surface area contributed by atoms with Crippen molar-refractivity contribution < 1.29 is 17.7 Å². The van der Waals surface area contributed by atoms with Crippen molar-refractivity contribution in [2.75, 3.05) is 7.05 Å². The van der Waals surface area contributed by atoms with Gasteiger partial charge >= 0.3 is 24.4 Å². The summed E-state index contributed by atoms with van der Waals surface area (Å²) < 4.78 is 45.3. The van der Waals surface area contributed by atoms with E-state index in [0.717, 1.165) is 41.5 Å². The zero-order valence-electron chi connectivity index (χ0n) is 19.9. The number of rotatable bonds is 5. The predicted molar refractivity (Wildman–Crippen MR) is 130 cm³/mol. The molecule has 2 radical (unpaired) electrons.